The molecule has 42 valence electrons. The number of rotatable bonds is 2. The monoisotopic (exact) mass is 185 g/mol. The molecular weight excluding hydrogens is 179 g/mol. The number of carboxylic acid groups (broad SMARTS) is 1. The van der Waals surface area contributed by atoms with Crippen LogP contribution in [0.25, 0.3) is 0 Å². The maximum absolute atomic E-state index is 9.76. The fourth-order valence-electron chi connectivity index (χ4n) is 0.0781. The van der Waals surface area contributed by atoms with Crippen LogP contribution in [0.1, 0.15) is 0 Å². The van der Waals surface area contributed by atoms with Crippen molar-refractivity contribution in [1.82, 2.24) is 0 Å². The molecule has 0 aromatic heterocycles. The number of hydrogen-bond donors (Lipinski definition) is 3. The van der Waals surface area contributed by atoms with Crippen LogP contribution in [0.2, 0.25) is 0 Å². The molecule has 8 heavy (non-hydrogen) atoms. The molecule has 3 N–H and O–H groups in total. The van der Waals surface area contributed by atoms with E-state index in [9.17, 15) is 4.79 Å². The number of nitrogens with two attached hydrogens (primary N) is 1. The van der Waals surface area contributed by atoms with E-state index in [2.05, 4.69) is 12.6 Å². The van der Waals surface area contributed by atoms with Crippen molar-refractivity contribution in [2.45, 2.75) is 6.04 Å². The van der Waals surface area contributed by atoms with Gasteiger partial charge in [0.25, 0.3) is 0 Å². The van der Waals surface area contributed by atoms with Gasteiger partial charge in [-0.3, -0.25) is 4.79 Å². The number of thiol groups is 1. The van der Waals surface area contributed by atoms with Crippen LogP contribution < -0.4 is 5.73 Å². The van der Waals surface area contributed by atoms with Gasteiger partial charge in [0.15, 0.2) is 0 Å². The zero-order valence-corrected chi connectivity index (χ0v) is 8.23. The predicted molar refractivity (Wildman–Crippen MR) is 29.5 cm³/mol. The normalized spacial score (nSPS) is 11.8. The van der Waals surface area contributed by atoms with Crippen LogP contribution in [0.15, 0.2) is 0 Å². The maximum Gasteiger partial charge on any atom is 2.00 e. The summed E-state index contributed by atoms with van der Waals surface area (Å²) in [4.78, 5) is 9.76. The van der Waals surface area contributed by atoms with E-state index >= 15 is 0 Å². The molecule has 0 rings (SSSR count). The fraction of sp³-hybridized carbons (Fsp3) is 0.667. The third-order valence-electron chi connectivity index (χ3n) is 0.514. The predicted octanol–water partition coefficient (Wildman–Crippen LogP) is -0.674. The first-order valence-electron chi connectivity index (χ1n) is 1.77. The number of aliphatic carboxylic acids is 1. The smallest absolute Gasteiger partial charge is 0.480 e. The molecule has 0 aromatic rings. The SMILES string of the molecule is NC(CS)C(=O)O.[Zn+2]. The third kappa shape index (κ3) is 4.56. The van der Waals surface area contributed by atoms with Crippen molar-refractivity contribution in [3.05, 3.63) is 0 Å². The molecule has 0 bridgehead atoms. The van der Waals surface area contributed by atoms with Gasteiger partial charge in [0.1, 0.15) is 6.04 Å². The van der Waals surface area contributed by atoms with Crippen molar-refractivity contribution in [2.24, 2.45) is 5.73 Å². The van der Waals surface area contributed by atoms with Crippen molar-refractivity contribution in [3.63, 3.8) is 0 Å². The van der Waals surface area contributed by atoms with Gasteiger partial charge in [0.2, 0.25) is 0 Å². The Balaban J connectivity index is 0. The van der Waals surface area contributed by atoms with Crippen LogP contribution in [0, 0.1) is 0 Å². The molecule has 0 saturated carbocycles. The molecule has 1 unspecified atom stereocenters. The van der Waals surface area contributed by atoms with Crippen LogP contribution in [-0.4, -0.2) is 22.9 Å². The van der Waals surface area contributed by atoms with Crippen molar-refractivity contribution >= 4 is 18.6 Å². The molecule has 0 fully saturated rings. The minimum Gasteiger partial charge on any atom is -0.480 e. The van der Waals surface area contributed by atoms with Crippen molar-refractivity contribution < 1.29 is 29.4 Å². The van der Waals surface area contributed by atoms with E-state index in [4.69, 9.17) is 10.8 Å². The van der Waals surface area contributed by atoms with Gasteiger partial charge in [-0.15, -0.1) is 0 Å². The molecule has 0 radical (unpaired) electrons. The number of carboxylic acids is 1. The molecule has 0 aromatic carbocycles. The second kappa shape index (κ2) is 5.54. The Morgan fingerprint density at radius 2 is 2.25 bits per heavy atom. The van der Waals surface area contributed by atoms with Crippen LogP contribution in [-0.2, 0) is 24.3 Å². The van der Waals surface area contributed by atoms with Crippen LogP contribution >= 0.6 is 12.6 Å². The van der Waals surface area contributed by atoms with E-state index in [1.165, 1.54) is 0 Å². The van der Waals surface area contributed by atoms with E-state index in [1.54, 1.807) is 0 Å². The van der Waals surface area contributed by atoms with Gasteiger partial charge >= 0.3 is 25.4 Å². The van der Waals surface area contributed by atoms with Gasteiger partial charge in [-0.1, -0.05) is 0 Å². The summed E-state index contributed by atoms with van der Waals surface area (Å²) >= 11 is 3.65. The van der Waals surface area contributed by atoms with Gasteiger partial charge in [-0.2, -0.15) is 12.6 Å². The summed E-state index contributed by atoms with van der Waals surface area (Å²) in [5.41, 5.74) is 4.94. The zero-order valence-electron chi connectivity index (χ0n) is 4.37. The van der Waals surface area contributed by atoms with Crippen molar-refractivity contribution in [3.8, 4) is 0 Å². The molecule has 0 aliphatic rings. The largest absolute Gasteiger partial charge is 2.00 e. The summed E-state index contributed by atoms with van der Waals surface area (Å²) in [5, 5.41) is 8.01. The van der Waals surface area contributed by atoms with E-state index < -0.39 is 12.0 Å². The topological polar surface area (TPSA) is 63.3 Å². The molecule has 0 spiro atoms. The van der Waals surface area contributed by atoms with E-state index in [-0.39, 0.29) is 25.2 Å². The van der Waals surface area contributed by atoms with E-state index in [0.29, 0.717) is 0 Å². The van der Waals surface area contributed by atoms with Gasteiger partial charge in [0.05, 0.1) is 0 Å². The average Bonchev–Trinajstić information content (AvgIpc) is 1.65. The molecular formula is C3H7NO2SZn+2. The first-order valence-corrected chi connectivity index (χ1v) is 2.41. The molecule has 0 aliphatic carbocycles. The molecule has 0 saturated heterocycles. The van der Waals surface area contributed by atoms with Gasteiger partial charge in [-0.05, 0) is 0 Å². The summed E-state index contributed by atoms with van der Waals surface area (Å²) < 4.78 is 0. The Bertz CT molecular complexity index is 79.7. The molecule has 0 heterocycles. The number of carbonyl (C=O) groups is 1. The van der Waals surface area contributed by atoms with Crippen LogP contribution in [0.3, 0.4) is 0 Å². The summed E-state index contributed by atoms with van der Waals surface area (Å²) in [6.45, 7) is 0. The molecule has 0 aliphatic heterocycles. The Hall–Kier alpha value is 0.403. The molecule has 1 atom stereocenters. The second-order valence-corrected chi connectivity index (χ2v) is 1.49. The third-order valence-corrected chi connectivity index (χ3v) is 0.907. The Kier molecular flexibility index (Phi) is 7.78. The first kappa shape index (κ1) is 11.2. The van der Waals surface area contributed by atoms with Gasteiger partial charge < -0.3 is 10.8 Å². The second-order valence-electron chi connectivity index (χ2n) is 1.13. The van der Waals surface area contributed by atoms with E-state index in [0.717, 1.165) is 0 Å². The molecule has 5 heteroatoms. The van der Waals surface area contributed by atoms with E-state index in [1.807, 2.05) is 0 Å². The Morgan fingerprint density at radius 3 is 2.25 bits per heavy atom. The summed E-state index contributed by atoms with van der Waals surface area (Å²) in [6.07, 6.45) is 0. The van der Waals surface area contributed by atoms with Gasteiger partial charge in [-0.25, -0.2) is 0 Å². The maximum atomic E-state index is 9.76. The summed E-state index contributed by atoms with van der Waals surface area (Å²) in [6, 6.07) is -0.816. The Morgan fingerprint density at radius 1 is 1.88 bits per heavy atom. The molecule has 3 nitrogen and oxygen atoms in total. The quantitative estimate of drug-likeness (QED) is 0.396. The first-order chi connectivity index (χ1) is 3.18. The van der Waals surface area contributed by atoms with Crippen molar-refractivity contribution in [2.75, 3.05) is 5.75 Å². The zero-order chi connectivity index (χ0) is 5.86. The number of hydrogen-bond acceptors (Lipinski definition) is 3. The van der Waals surface area contributed by atoms with Gasteiger partial charge in [0, 0.05) is 5.75 Å². The Labute approximate surface area is 65.8 Å². The van der Waals surface area contributed by atoms with Crippen LogP contribution in [0.5, 0.6) is 0 Å². The fourth-order valence-corrected chi connectivity index (χ4v) is 0.234. The van der Waals surface area contributed by atoms with Crippen LogP contribution in [0.4, 0.5) is 0 Å². The summed E-state index contributed by atoms with van der Waals surface area (Å²) in [5.74, 6) is -0.815. The minimum absolute atomic E-state index is 0. The average molecular weight is 187 g/mol. The van der Waals surface area contributed by atoms with Crippen molar-refractivity contribution in [1.29, 1.82) is 0 Å². The minimum atomic E-state index is -1.00. The summed E-state index contributed by atoms with van der Waals surface area (Å²) in [7, 11) is 0. The standard InChI is InChI=1S/C3H7NO2S.Zn/c4-2(1-7)3(5)6;/h2,7H,1,4H2,(H,5,6);/q;+2. The molecule has 0 amide bonds.